The standard InChI is InChI=1S/C7H15NO3S/c1-6(2)8-3-7(9)4-12(10,11)5-7/h6,8-9H,3-5H2,1-2H3. The molecule has 0 aromatic carbocycles. The summed E-state index contributed by atoms with van der Waals surface area (Å²) < 4.78 is 21.5. The minimum absolute atomic E-state index is 0.0975. The summed E-state index contributed by atoms with van der Waals surface area (Å²) in [5, 5.41) is 12.6. The maximum absolute atomic E-state index is 10.8. The van der Waals surface area contributed by atoms with Crippen molar-refractivity contribution in [3.8, 4) is 0 Å². The van der Waals surface area contributed by atoms with Crippen molar-refractivity contribution >= 4 is 9.84 Å². The molecule has 1 aliphatic rings. The van der Waals surface area contributed by atoms with Crippen LogP contribution in [0.2, 0.25) is 0 Å². The number of sulfone groups is 1. The Labute approximate surface area is 72.9 Å². The van der Waals surface area contributed by atoms with E-state index in [0.717, 1.165) is 0 Å². The third kappa shape index (κ3) is 2.43. The molecule has 4 nitrogen and oxygen atoms in total. The summed E-state index contributed by atoms with van der Waals surface area (Å²) in [6, 6.07) is 0.275. The van der Waals surface area contributed by atoms with Crippen molar-refractivity contribution in [3.05, 3.63) is 0 Å². The average molecular weight is 193 g/mol. The molecule has 0 aliphatic carbocycles. The van der Waals surface area contributed by atoms with Gasteiger partial charge in [0.05, 0.1) is 11.5 Å². The monoisotopic (exact) mass is 193 g/mol. The lowest BCUT2D eigenvalue weighted by Crippen LogP contribution is -2.60. The lowest BCUT2D eigenvalue weighted by Gasteiger charge is -2.36. The molecule has 2 N–H and O–H groups in total. The fourth-order valence-electron chi connectivity index (χ4n) is 1.27. The van der Waals surface area contributed by atoms with Crippen LogP contribution in [0.15, 0.2) is 0 Å². The van der Waals surface area contributed by atoms with Crippen molar-refractivity contribution in [1.29, 1.82) is 0 Å². The zero-order valence-electron chi connectivity index (χ0n) is 7.37. The molecule has 0 aromatic rings. The van der Waals surface area contributed by atoms with Crippen LogP contribution in [0.5, 0.6) is 0 Å². The van der Waals surface area contributed by atoms with E-state index in [1.165, 1.54) is 0 Å². The number of hydrogen-bond acceptors (Lipinski definition) is 4. The Hall–Kier alpha value is -0.130. The number of aliphatic hydroxyl groups is 1. The van der Waals surface area contributed by atoms with Gasteiger partial charge < -0.3 is 10.4 Å². The van der Waals surface area contributed by atoms with Crippen molar-refractivity contribution in [2.45, 2.75) is 25.5 Å². The van der Waals surface area contributed by atoms with Crippen LogP contribution < -0.4 is 5.32 Å². The molecule has 0 atom stereocenters. The zero-order chi connectivity index (χ0) is 9.41. The van der Waals surface area contributed by atoms with E-state index in [2.05, 4.69) is 5.32 Å². The quantitative estimate of drug-likeness (QED) is 0.612. The van der Waals surface area contributed by atoms with Crippen molar-refractivity contribution in [2.75, 3.05) is 18.1 Å². The van der Waals surface area contributed by atoms with Crippen molar-refractivity contribution in [1.82, 2.24) is 5.32 Å². The van der Waals surface area contributed by atoms with Crippen molar-refractivity contribution in [2.24, 2.45) is 0 Å². The first-order valence-corrected chi connectivity index (χ1v) is 5.81. The lowest BCUT2D eigenvalue weighted by atomic mass is 10.1. The highest BCUT2D eigenvalue weighted by Crippen LogP contribution is 2.22. The van der Waals surface area contributed by atoms with Gasteiger partial charge in [-0.1, -0.05) is 13.8 Å². The van der Waals surface area contributed by atoms with E-state index in [1.807, 2.05) is 13.8 Å². The van der Waals surface area contributed by atoms with E-state index in [4.69, 9.17) is 0 Å². The number of rotatable bonds is 3. The molecule has 1 aliphatic heterocycles. The van der Waals surface area contributed by atoms with Gasteiger partial charge in [0.25, 0.3) is 0 Å². The molecule has 0 radical (unpaired) electrons. The molecule has 0 spiro atoms. The fraction of sp³-hybridized carbons (Fsp3) is 1.00. The molecule has 1 fully saturated rings. The van der Waals surface area contributed by atoms with Gasteiger partial charge in [-0.3, -0.25) is 0 Å². The smallest absolute Gasteiger partial charge is 0.156 e. The van der Waals surface area contributed by atoms with Crippen molar-refractivity contribution in [3.63, 3.8) is 0 Å². The van der Waals surface area contributed by atoms with Crippen LogP contribution in [-0.2, 0) is 9.84 Å². The SMILES string of the molecule is CC(C)NCC1(O)CS(=O)(=O)C1. The maximum Gasteiger partial charge on any atom is 0.156 e. The van der Waals surface area contributed by atoms with E-state index < -0.39 is 15.4 Å². The minimum Gasteiger partial charge on any atom is -0.386 e. The molecule has 1 saturated heterocycles. The summed E-state index contributed by atoms with van der Waals surface area (Å²) in [7, 11) is -2.93. The van der Waals surface area contributed by atoms with Crippen LogP contribution in [0.1, 0.15) is 13.8 Å². The number of hydrogen-bond donors (Lipinski definition) is 2. The highest BCUT2D eigenvalue weighted by atomic mass is 32.2. The molecule has 0 amide bonds. The first-order valence-electron chi connectivity index (χ1n) is 3.99. The third-order valence-corrected chi connectivity index (χ3v) is 3.77. The van der Waals surface area contributed by atoms with Crippen LogP contribution in [0.3, 0.4) is 0 Å². The highest BCUT2D eigenvalue weighted by Gasteiger charge is 2.46. The van der Waals surface area contributed by atoms with E-state index >= 15 is 0 Å². The van der Waals surface area contributed by atoms with E-state index in [9.17, 15) is 13.5 Å². The van der Waals surface area contributed by atoms with E-state index in [1.54, 1.807) is 0 Å². The summed E-state index contributed by atoms with van der Waals surface area (Å²) in [6.07, 6.45) is 0. The number of nitrogens with one attached hydrogen (secondary N) is 1. The predicted octanol–water partition coefficient (Wildman–Crippen LogP) is -0.856. The Kier molecular flexibility index (Phi) is 2.47. The fourth-order valence-corrected chi connectivity index (χ4v) is 3.03. The van der Waals surface area contributed by atoms with Gasteiger partial charge in [0.15, 0.2) is 9.84 Å². The first kappa shape index (κ1) is 9.95. The van der Waals surface area contributed by atoms with Gasteiger partial charge in [-0.15, -0.1) is 0 Å². The maximum atomic E-state index is 10.8. The molecule has 0 aromatic heterocycles. The molecule has 1 rings (SSSR count). The van der Waals surface area contributed by atoms with Crippen LogP contribution in [0, 0.1) is 0 Å². The molecular weight excluding hydrogens is 178 g/mol. The lowest BCUT2D eigenvalue weighted by molar-refractivity contribution is 0.0688. The van der Waals surface area contributed by atoms with Crippen LogP contribution in [-0.4, -0.2) is 43.2 Å². The Morgan fingerprint density at radius 1 is 1.50 bits per heavy atom. The topological polar surface area (TPSA) is 66.4 Å². The largest absolute Gasteiger partial charge is 0.386 e. The van der Waals surface area contributed by atoms with Gasteiger partial charge in [0, 0.05) is 12.6 Å². The minimum atomic E-state index is -2.93. The van der Waals surface area contributed by atoms with E-state index in [-0.39, 0.29) is 17.5 Å². The summed E-state index contributed by atoms with van der Waals surface area (Å²) in [4.78, 5) is 0. The van der Waals surface area contributed by atoms with Gasteiger partial charge >= 0.3 is 0 Å². The third-order valence-electron chi connectivity index (χ3n) is 1.82. The molecule has 0 saturated carbocycles. The highest BCUT2D eigenvalue weighted by molar-refractivity contribution is 7.93. The zero-order valence-corrected chi connectivity index (χ0v) is 8.19. The van der Waals surface area contributed by atoms with Gasteiger partial charge in [0.1, 0.15) is 5.60 Å². The Balaban J connectivity index is 2.36. The van der Waals surface area contributed by atoms with Gasteiger partial charge in [-0.25, -0.2) is 8.42 Å². The predicted molar refractivity (Wildman–Crippen MR) is 46.7 cm³/mol. The molecule has 5 heteroatoms. The normalized spacial score (nSPS) is 25.3. The van der Waals surface area contributed by atoms with Crippen LogP contribution in [0.25, 0.3) is 0 Å². The Bertz CT molecular complexity index is 246. The van der Waals surface area contributed by atoms with Crippen LogP contribution >= 0.6 is 0 Å². The summed E-state index contributed by atoms with van der Waals surface area (Å²) in [5.74, 6) is -0.195. The summed E-state index contributed by atoms with van der Waals surface area (Å²) in [6.45, 7) is 4.27. The van der Waals surface area contributed by atoms with Gasteiger partial charge in [-0.2, -0.15) is 0 Å². The molecular formula is C7H15NO3S. The van der Waals surface area contributed by atoms with Crippen molar-refractivity contribution < 1.29 is 13.5 Å². The molecule has 1 heterocycles. The van der Waals surface area contributed by atoms with E-state index in [0.29, 0.717) is 6.54 Å². The Morgan fingerprint density at radius 2 is 2.00 bits per heavy atom. The molecule has 72 valence electrons. The Morgan fingerprint density at radius 3 is 2.33 bits per heavy atom. The van der Waals surface area contributed by atoms with Gasteiger partial charge in [-0.05, 0) is 0 Å². The summed E-state index contributed by atoms with van der Waals surface area (Å²) in [5.41, 5.74) is -1.01. The second-order valence-corrected chi connectivity index (χ2v) is 5.86. The average Bonchev–Trinajstić information content (AvgIpc) is 1.79. The second kappa shape index (κ2) is 2.97. The molecule has 12 heavy (non-hydrogen) atoms. The molecule has 0 unspecified atom stereocenters. The summed E-state index contributed by atoms with van der Waals surface area (Å²) >= 11 is 0. The molecule has 0 bridgehead atoms. The second-order valence-electron chi connectivity index (χ2n) is 3.79. The van der Waals surface area contributed by atoms with Gasteiger partial charge in [0.2, 0.25) is 0 Å². The van der Waals surface area contributed by atoms with Crippen LogP contribution in [0.4, 0.5) is 0 Å². The first-order chi connectivity index (χ1) is 5.33.